The molecule has 3 rings (SSSR count). The summed E-state index contributed by atoms with van der Waals surface area (Å²) in [5.41, 5.74) is 8.51. The molecular weight excluding hydrogens is 254 g/mol. The first-order valence-corrected chi connectivity index (χ1v) is 6.42. The Morgan fingerprint density at radius 2 is 2.15 bits per heavy atom. The molecule has 5 nitrogen and oxygen atoms in total. The lowest BCUT2D eigenvalue weighted by atomic mass is 10.2. The number of ether oxygens (including phenoxy) is 1. The van der Waals surface area contributed by atoms with Crippen LogP contribution in [0.5, 0.6) is 5.75 Å². The van der Waals surface area contributed by atoms with Crippen LogP contribution in [0.15, 0.2) is 40.9 Å². The molecule has 0 amide bonds. The summed E-state index contributed by atoms with van der Waals surface area (Å²) in [7, 11) is 0. The van der Waals surface area contributed by atoms with E-state index in [1.807, 2.05) is 31.2 Å². The van der Waals surface area contributed by atoms with Gasteiger partial charge in [-0.3, -0.25) is 0 Å². The number of nitrogens with zero attached hydrogens (tertiary/aromatic N) is 2. The number of pyridine rings is 1. The molecule has 0 fully saturated rings. The Kier molecular flexibility index (Phi) is 3.25. The van der Waals surface area contributed by atoms with Crippen LogP contribution in [0.3, 0.4) is 0 Å². The number of rotatable bonds is 4. The van der Waals surface area contributed by atoms with Crippen LogP contribution in [0.2, 0.25) is 0 Å². The number of nitrogens with two attached hydrogens (primary N) is 1. The van der Waals surface area contributed by atoms with Gasteiger partial charge < -0.3 is 14.9 Å². The van der Waals surface area contributed by atoms with Crippen molar-refractivity contribution in [3.63, 3.8) is 0 Å². The molecule has 0 aliphatic heterocycles. The van der Waals surface area contributed by atoms with E-state index in [2.05, 4.69) is 9.97 Å². The van der Waals surface area contributed by atoms with Gasteiger partial charge in [-0.15, -0.1) is 0 Å². The molecule has 5 heteroatoms. The van der Waals surface area contributed by atoms with Crippen molar-refractivity contribution in [3.05, 3.63) is 48.0 Å². The monoisotopic (exact) mass is 269 g/mol. The van der Waals surface area contributed by atoms with Crippen LogP contribution in [-0.2, 0) is 6.42 Å². The molecule has 0 saturated heterocycles. The van der Waals surface area contributed by atoms with Gasteiger partial charge in [0, 0.05) is 6.07 Å². The molecule has 0 bridgehead atoms. The Bertz CT molecular complexity index is 737. The fraction of sp³-hybridized carbons (Fsp3) is 0.200. The molecule has 0 saturated carbocycles. The Morgan fingerprint density at radius 1 is 1.30 bits per heavy atom. The Labute approximate surface area is 116 Å². The van der Waals surface area contributed by atoms with Crippen molar-refractivity contribution in [1.82, 2.24) is 9.97 Å². The van der Waals surface area contributed by atoms with Gasteiger partial charge in [-0.25, -0.2) is 4.98 Å². The third kappa shape index (κ3) is 2.56. The van der Waals surface area contributed by atoms with E-state index >= 15 is 0 Å². The predicted octanol–water partition coefficient (Wildman–Crippen LogP) is 2.73. The fourth-order valence-electron chi connectivity index (χ4n) is 1.95. The first-order valence-electron chi connectivity index (χ1n) is 6.42. The molecule has 20 heavy (non-hydrogen) atoms. The molecule has 0 unspecified atom stereocenters. The van der Waals surface area contributed by atoms with Crippen LogP contribution in [0.4, 0.5) is 5.69 Å². The lowest BCUT2D eigenvalue weighted by Crippen LogP contribution is -2.02. The van der Waals surface area contributed by atoms with Crippen LogP contribution in [-0.4, -0.2) is 16.6 Å². The van der Waals surface area contributed by atoms with Crippen LogP contribution in [0.1, 0.15) is 11.5 Å². The summed E-state index contributed by atoms with van der Waals surface area (Å²) >= 11 is 0. The molecule has 0 spiro atoms. The highest BCUT2D eigenvalue weighted by Crippen LogP contribution is 2.18. The van der Waals surface area contributed by atoms with Crippen LogP contribution in [0, 0.1) is 6.92 Å². The Balaban J connectivity index is 1.67. The van der Waals surface area contributed by atoms with E-state index in [4.69, 9.17) is 14.9 Å². The van der Waals surface area contributed by atoms with Crippen molar-refractivity contribution in [2.24, 2.45) is 0 Å². The van der Waals surface area contributed by atoms with Gasteiger partial charge in [0.15, 0.2) is 17.1 Å². The zero-order valence-corrected chi connectivity index (χ0v) is 11.2. The maximum absolute atomic E-state index is 5.72. The van der Waals surface area contributed by atoms with Crippen molar-refractivity contribution in [3.8, 4) is 5.75 Å². The van der Waals surface area contributed by atoms with Gasteiger partial charge in [0.25, 0.3) is 0 Å². The second-order valence-corrected chi connectivity index (χ2v) is 4.56. The molecule has 0 radical (unpaired) electrons. The van der Waals surface area contributed by atoms with E-state index in [9.17, 15) is 0 Å². The Morgan fingerprint density at radius 3 is 3.00 bits per heavy atom. The maximum Gasteiger partial charge on any atom is 0.200 e. The summed E-state index contributed by atoms with van der Waals surface area (Å²) in [6.07, 6.45) is 2.16. The van der Waals surface area contributed by atoms with Crippen LogP contribution < -0.4 is 10.5 Å². The highest BCUT2D eigenvalue weighted by atomic mass is 16.5. The smallest absolute Gasteiger partial charge is 0.200 e. The average Bonchev–Trinajstić information content (AvgIpc) is 2.83. The van der Waals surface area contributed by atoms with Gasteiger partial charge in [0.1, 0.15) is 5.75 Å². The first kappa shape index (κ1) is 12.5. The minimum atomic E-state index is 0.507. The number of anilines is 1. The third-order valence-electron chi connectivity index (χ3n) is 2.98. The van der Waals surface area contributed by atoms with E-state index in [-0.39, 0.29) is 0 Å². The number of fused-ring (bicyclic) bond motifs is 1. The van der Waals surface area contributed by atoms with Crippen LogP contribution >= 0.6 is 0 Å². The third-order valence-corrected chi connectivity index (χ3v) is 2.98. The van der Waals surface area contributed by atoms with Gasteiger partial charge in [-0.05, 0) is 18.6 Å². The van der Waals surface area contributed by atoms with Gasteiger partial charge in [0.05, 0.1) is 24.9 Å². The van der Waals surface area contributed by atoms with E-state index in [0.717, 1.165) is 11.3 Å². The molecule has 0 aliphatic carbocycles. The molecule has 1 aromatic carbocycles. The van der Waals surface area contributed by atoms with Crippen molar-refractivity contribution >= 4 is 16.9 Å². The molecule has 2 heterocycles. The SMILES string of the molecule is Cc1ccccc1OCCc1nc2ncc(N)cc2o1. The van der Waals surface area contributed by atoms with Crippen LogP contribution in [0.25, 0.3) is 11.2 Å². The summed E-state index contributed by atoms with van der Waals surface area (Å²) in [5.74, 6) is 1.48. The second-order valence-electron chi connectivity index (χ2n) is 4.56. The fourth-order valence-corrected chi connectivity index (χ4v) is 1.95. The molecule has 2 aromatic heterocycles. The summed E-state index contributed by atoms with van der Waals surface area (Å²) in [6.45, 7) is 2.52. The number of hydrogen-bond acceptors (Lipinski definition) is 5. The van der Waals surface area contributed by atoms with Gasteiger partial charge >= 0.3 is 0 Å². The normalized spacial score (nSPS) is 10.8. The number of aryl methyl sites for hydroxylation is 1. The van der Waals surface area contributed by atoms with E-state index in [0.29, 0.717) is 35.8 Å². The van der Waals surface area contributed by atoms with Gasteiger partial charge in [-0.2, -0.15) is 4.98 Å². The number of aromatic nitrogens is 2. The summed E-state index contributed by atoms with van der Waals surface area (Å²) < 4.78 is 11.3. The van der Waals surface area contributed by atoms with E-state index in [1.165, 1.54) is 0 Å². The topological polar surface area (TPSA) is 74.2 Å². The lowest BCUT2D eigenvalue weighted by molar-refractivity contribution is 0.306. The molecule has 102 valence electrons. The molecule has 3 aromatic rings. The maximum atomic E-state index is 5.72. The Hall–Kier alpha value is -2.56. The van der Waals surface area contributed by atoms with E-state index in [1.54, 1.807) is 12.3 Å². The standard InChI is InChI=1S/C15H15N3O2/c1-10-4-2-3-5-12(10)19-7-6-14-18-15-13(20-14)8-11(16)9-17-15/h2-5,8-9H,6-7,16H2,1H3. The predicted molar refractivity (Wildman–Crippen MR) is 76.6 cm³/mol. The number of hydrogen-bond donors (Lipinski definition) is 1. The quantitative estimate of drug-likeness (QED) is 0.788. The number of para-hydroxylation sites is 1. The van der Waals surface area contributed by atoms with Gasteiger partial charge in [0.2, 0.25) is 0 Å². The summed E-state index contributed by atoms with van der Waals surface area (Å²) in [4.78, 5) is 8.41. The lowest BCUT2D eigenvalue weighted by Gasteiger charge is -2.06. The summed E-state index contributed by atoms with van der Waals surface area (Å²) in [5, 5.41) is 0. The molecular formula is C15H15N3O2. The van der Waals surface area contributed by atoms with Gasteiger partial charge in [-0.1, -0.05) is 18.2 Å². The molecule has 0 atom stereocenters. The van der Waals surface area contributed by atoms with Crippen molar-refractivity contribution in [1.29, 1.82) is 0 Å². The second kappa shape index (κ2) is 5.21. The number of oxazole rings is 1. The summed E-state index contributed by atoms with van der Waals surface area (Å²) in [6, 6.07) is 9.62. The number of benzene rings is 1. The van der Waals surface area contributed by atoms with E-state index < -0.39 is 0 Å². The highest BCUT2D eigenvalue weighted by molar-refractivity contribution is 5.71. The van der Waals surface area contributed by atoms with Crippen molar-refractivity contribution in [2.75, 3.05) is 12.3 Å². The minimum absolute atomic E-state index is 0.507. The molecule has 2 N–H and O–H groups in total. The molecule has 0 aliphatic rings. The zero-order valence-electron chi connectivity index (χ0n) is 11.2. The average molecular weight is 269 g/mol. The highest BCUT2D eigenvalue weighted by Gasteiger charge is 2.07. The minimum Gasteiger partial charge on any atom is -0.493 e. The first-order chi connectivity index (χ1) is 9.72. The number of nitrogen functional groups attached to an aromatic ring is 1. The zero-order chi connectivity index (χ0) is 13.9. The van der Waals surface area contributed by atoms with Crippen molar-refractivity contribution in [2.45, 2.75) is 13.3 Å². The van der Waals surface area contributed by atoms with Crippen molar-refractivity contribution < 1.29 is 9.15 Å². The largest absolute Gasteiger partial charge is 0.493 e.